The summed E-state index contributed by atoms with van der Waals surface area (Å²) < 4.78 is 0. The van der Waals surface area contributed by atoms with Crippen LogP contribution >= 0.6 is 11.3 Å². The third-order valence-electron chi connectivity index (χ3n) is 3.22. The van der Waals surface area contributed by atoms with Gasteiger partial charge in [-0.2, -0.15) is 0 Å². The maximum absolute atomic E-state index is 11.0. The van der Waals surface area contributed by atoms with Gasteiger partial charge in [0.2, 0.25) is 0 Å². The van der Waals surface area contributed by atoms with E-state index in [-0.39, 0.29) is 0 Å². The van der Waals surface area contributed by atoms with E-state index >= 15 is 0 Å². The molecule has 1 N–H and O–H groups in total. The average molecular weight is 283 g/mol. The quantitative estimate of drug-likeness (QED) is 0.763. The maximum atomic E-state index is 11.0. The summed E-state index contributed by atoms with van der Waals surface area (Å²) in [7, 11) is 0. The van der Waals surface area contributed by atoms with E-state index in [0.717, 1.165) is 32.6 Å². The number of aryl methyl sites for hydroxylation is 2. The van der Waals surface area contributed by atoms with Crippen LogP contribution in [0.5, 0.6) is 0 Å². The first-order chi connectivity index (χ1) is 9.54. The van der Waals surface area contributed by atoms with Gasteiger partial charge in [-0.1, -0.05) is 12.1 Å². The van der Waals surface area contributed by atoms with Crippen molar-refractivity contribution >= 4 is 28.2 Å². The number of carboxylic acids is 1. The summed E-state index contributed by atoms with van der Waals surface area (Å²) in [6.07, 6.45) is 0. The number of carbonyl (C=O) groups is 1. The maximum Gasteiger partial charge on any atom is 0.345 e. The van der Waals surface area contributed by atoms with Gasteiger partial charge in [0.05, 0.1) is 5.52 Å². The van der Waals surface area contributed by atoms with Crippen molar-refractivity contribution in [1.29, 1.82) is 0 Å². The molecule has 0 radical (unpaired) electrons. The first-order valence-electron chi connectivity index (χ1n) is 6.26. The van der Waals surface area contributed by atoms with Gasteiger partial charge < -0.3 is 5.11 Å². The van der Waals surface area contributed by atoms with Crippen LogP contribution in [-0.4, -0.2) is 16.1 Å². The van der Waals surface area contributed by atoms with Crippen molar-refractivity contribution in [2.75, 3.05) is 0 Å². The number of aromatic carboxylic acids is 1. The van der Waals surface area contributed by atoms with Crippen LogP contribution in [0.2, 0.25) is 0 Å². The van der Waals surface area contributed by atoms with Gasteiger partial charge in [0.1, 0.15) is 4.88 Å². The van der Waals surface area contributed by atoms with Crippen molar-refractivity contribution in [2.45, 2.75) is 13.8 Å². The Morgan fingerprint density at radius 2 is 1.95 bits per heavy atom. The van der Waals surface area contributed by atoms with Gasteiger partial charge in [0.15, 0.2) is 0 Å². The van der Waals surface area contributed by atoms with Crippen LogP contribution in [0.25, 0.3) is 21.3 Å². The fourth-order valence-electron chi connectivity index (χ4n) is 2.24. The molecule has 0 saturated heterocycles. The number of aromatic nitrogens is 1. The number of hydrogen-bond acceptors (Lipinski definition) is 3. The molecule has 1 aromatic carbocycles. The molecule has 20 heavy (non-hydrogen) atoms. The molecular formula is C16H13NO2S. The Kier molecular flexibility index (Phi) is 3.03. The smallest absolute Gasteiger partial charge is 0.345 e. The van der Waals surface area contributed by atoms with Crippen molar-refractivity contribution in [2.24, 2.45) is 0 Å². The van der Waals surface area contributed by atoms with Crippen LogP contribution in [0.1, 0.15) is 20.9 Å². The molecule has 0 saturated carbocycles. The molecule has 0 aliphatic heterocycles. The standard InChI is InChI=1S/C16H13NO2S/c1-9-7-14(16(18)19)20-15(9)12-5-6-13-11(8-12)4-3-10(2)17-13/h3-8H,1-2H3,(H,18,19). The van der Waals surface area contributed by atoms with E-state index in [1.54, 1.807) is 6.07 Å². The molecule has 4 heteroatoms. The van der Waals surface area contributed by atoms with E-state index < -0.39 is 5.97 Å². The lowest BCUT2D eigenvalue weighted by Crippen LogP contribution is -1.89. The first kappa shape index (κ1) is 12.8. The van der Waals surface area contributed by atoms with Crippen LogP contribution < -0.4 is 0 Å². The molecule has 3 rings (SSSR count). The second kappa shape index (κ2) is 4.72. The van der Waals surface area contributed by atoms with Crippen molar-refractivity contribution < 1.29 is 9.90 Å². The fraction of sp³-hybridized carbons (Fsp3) is 0.125. The lowest BCUT2D eigenvalue weighted by molar-refractivity contribution is 0.0702. The normalized spacial score (nSPS) is 10.9. The van der Waals surface area contributed by atoms with Crippen LogP contribution in [0, 0.1) is 13.8 Å². The van der Waals surface area contributed by atoms with Gasteiger partial charge in [0, 0.05) is 16.0 Å². The summed E-state index contributed by atoms with van der Waals surface area (Å²) in [5.74, 6) is -0.873. The van der Waals surface area contributed by atoms with E-state index in [1.165, 1.54) is 11.3 Å². The number of fused-ring (bicyclic) bond motifs is 1. The number of nitrogens with zero attached hydrogens (tertiary/aromatic N) is 1. The Bertz CT molecular complexity index is 820. The molecule has 0 unspecified atom stereocenters. The molecule has 2 aromatic heterocycles. The van der Waals surface area contributed by atoms with Gasteiger partial charge in [0.25, 0.3) is 0 Å². The predicted octanol–water partition coefficient (Wildman–Crippen LogP) is 4.28. The molecule has 3 nitrogen and oxygen atoms in total. The van der Waals surface area contributed by atoms with Gasteiger partial charge >= 0.3 is 5.97 Å². The molecule has 0 atom stereocenters. The Morgan fingerprint density at radius 1 is 1.15 bits per heavy atom. The second-order valence-corrected chi connectivity index (χ2v) is 5.84. The van der Waals surface area contributed by atoms with Crippen molar-refractivity contribution in [1.82, 2.24) is 4.98 Å². The molecule has 0 amide bonds. The zero-order valence-electron chi connectivity index (χ0n) is 11.2. The van der Waals surface area contributed by atoms with Gasteiger partial charge in [-0.15, -0.1) is 11.3 Å². The molecule has 0 bridgehead atoms. The highest BCUT2D eigenvalue weighted by atomic mass is 32.1. The van der Waals surface area contributed by atoms with Gasteiger partial charge in [-0.3, -0.25) is 4.98 Å². The number of rotatable bonds is 2. The Morgan fingerprint density at radius 3 is 2.65 bits per heavy atom. The summed E-state index contributed by atoms with van der Waals surface area (Å²) in [5.41, 5.74) is 3.98. The SMILES string of the molecule is Cc1ccc2cc(-c3sc(C(=O)O)cc3C)ccc2n1. The van der Waals surface area contributed by atoms with Crippen LogP contribution in [0.15, 0.2) is 36.4 Å². The van der Waals surface area contributed by atoms with Crippen molar-refractivity contribution in [3.8, 4) is 10.4 Å². The van der Waals surface area contributed by atoms with E-state index in [2.05, 4.69) is 11.1 Å². The number of pyridine rings is 1. The first-order valence-corrected chi connectivity index (χ1v) is 7.08. The topological polar surface area (TPSA) is 50.2 Å². The molecule has 100 valence electrons. The highest BCUT2D eigenvalue weighted by molar-refractivity contribution is 7.17. The molecule has 0 aliphatic carbocycles. The highest BCUT2D eigenvalue weighted by Gasteiger charge is 2.12. The summed E-state index contributed by atoms with van der Waals surface area (Å²) in [5, 5.41) is 10.1. The minimum atomic E-state index is -0.873. The van der Waals surface area contributed by atoms with E-state index in [9.17, 15) is 4.79 Å². The van der Waals surface area contributed by atoms with Crippen molar-refractivity contribution in [3.63, 3.8) is 0 Å². The van der Waals surface area contributed by atoms with Crippen molar-refractivity contribution in [3.05, 3.63) is 52.5 Å². The summed E-state index contributed by atoms with van der Waals surface area (Å²) in [4.78, 5) is 16.9. The molecule has 2 heterocycles. The Balaban J connectivity index is 2.14. The number of hydrogen-bond donors (Lipinski definition) is 1. The number of thiophene rings is 1. The minimum absolute atomic E-state index is 0.375. The Labute approximate surface area is 120 Å². The average Bonchev–Trinajstić information content (AvgIpc) is 2.80. The molecule has 0 aliphatic rings. The highest BCUT2D eigenvalue weighted by Crippen LogP contribution is 2.33. The van der Waals surface area contributed by atoms with E-state index in [4.69, 9.17) is 5.11 Å². The van der Waals surface area contributed by atoms with Gasteiger partial charge in [-0.25, -0.2) is 4.79 Å². The zero-order chi connectivity index (χ0) is 14.3. The monoisotopic (exact) mass is 283 g/mol. The third kappa shape index (κ3) is 2.18. The number of benzene rings is 1. The summed E-state index contributed by atoms with van der Waals surface area (Å²) in [6.45, 7) is 3.91. The van der Waals surface area contributed by atoms with E-state index in [0.29, 0.717) is 4.88 Å². The zero-order valence-corrected chi connectivity index (χ0v) is 12.0. The lowest BCUT2D eigenvalue weighted by Gasteiger charge is -2.03. The van der Waals surface area contributed by atoms with Gasteiger partial charge in [-0.05, 0) is 49.2 Å². The fourth-order valence-corrected chi connectivity index (χ4v) is 3.25. The lowest BCUT2D eigenvalue weighted by atomic mass is 10.1. The molecule has 0 spiro atoms. The summed E-state index contributed by atoms with van der Waals surface area (Å²) >= 11 is 1.31. The largest absolute Gasteiger partial charge is 0.477 e. The second-order valence-electron chi connectivity index (χ2n) is 4.79. The third-order valence-corrected chi connectivity index (χ3v) is 4.49. The molecule has 0 fully saturated rings. The number of carboxylic acid groups (broad SMARTS) is 1. The molecule has 3 aromatic rings. The van der Waals surface area contributed by atoms with E-state index in [1.807, 2.05) is 38.1 Å². The summed E-state index contributed by atoms with van der Waals surface area (Å²) in [6, 6.07) is 11.8. The molecular weight excluding hydrogens is 270 g/mol. The Hall–Kier alpha value is -2.20. The van der Waals surface area contributed by atoms with Crippen LogP contribution in [0.3, 0.4) is 0 Å². The van der Waals surface area contributed by atoms with Crippen LogP contribution in [-0.2, 0) is 0 Å². The predicted molar refractivity (Wildman–Crippen MR) is 81.5 cm³/mol. The van der Waals surface area contributed by atoms with Crippen LogP contribution in [0.4, 0.5) is 0 Å². The minimum Gasteiger partial charge on any atom is -0.477 e.